The predicted octanol–water partition coefficient (Wildman–Crippen LogP) is 6.62. The molecule has 164 valence electrons. The molecule has 0 spiro atoms. The number of halogens is 5. The van der Waals surface area contributed by atoms with Gasteiger partial charge in [0.05, 0.1) is 16.2 Å². The standard InChI is InChI=1S/C21H25Cl2F3N4/c1-14(17-10-28-29-20(17)21(24,25)26)30(13-15-6-2-3-7-15)9-5-4-8-16-18(22)11-27-12-19(16)23/h10-12,15H,1-9,13H2,(H,28,29). The van der Waals surface area contributed by atoms with E-state index in [4.69, 9.17) is 23.2 Å². The van der Waals surface area contributed by atoms with Crippen molar-refractivity contribution in [1.29, 1.82) is 0 Å². The molecule has 1 aliphatic rings. The van der Waals surface area contributed by atoms with E-state index in [1.165, 1.54) is 19.0 Å². The molecule has 0 amide bonds. The molecule has 0 unspecified atom stereocenters. The Balaban J connectivity index is 1.67. The van der Waals surface area contributed by atoms with Crippen molar-refractivity contribution in [3.63, 3.8) is 0 Å². The lowest BCUT2D eigenvalue weighted by Gasteiger charge is -2.30. The van der Waals surface area contributed by atoms with Crippen LogP contribution in [-0.4, -0.2) is 33.2 Å². The maximum Gasteiger partial charge on any atom is 0.433 e. The monoisotopic (exact) mass is 460 g/mol. The van der Waals surface area contributed by atoms with Crippen LogP contribution in [0, 0.1) is 5.92 Å². The number of nitrogens with zero attached hydrogens (tertiary/aromatic N) is 3. The molecule has 0 aliphatic heterocycles. The van der Waals surface area contributed by atoms with Crippen molar-refractivity contribution in [2.45, 2.75) is 51.1 Å². The highest BCUT2D eigenvalue weighted by Gasteiger charge is 2.37. The van der Waals surface area contributed by atoms with E-state index in [1.807, 2.05) is 4.90 Å². The minimum atomic E-state index is -4.50. The number of aromatic nitrogens is 3. The molecule has 2 aromatic heterocycles. The van der Waals surface area contributed by atoms with Crippen LogP contribution in [0.1, 0.15) is 55.3 Å². The molecule has 1 N–H and O–H groups in total. The molecule has 1 fully saturated rings. The van der Waals surface area contributed by atoms with Gasteiger partial charge in [0.15, 0.2) is 0 Å². The molecule has 0 saturated heterocycles. The lowest BCUT2D eigenvalue weighted by molar-refractivity contribution is -0.141. The number of hydrogen-bond acceptors (Lipinski definition) is 3. The molecule has 3 rings (SSSR count). The smallest absolute Gasteiger partial charge is 0.371 e. The van der Waals surface area contributed by atoms with Crippen molar-refractivity contribution >= 4 is 28.9 Å². The minimum absolute atomic E-state index is 0.0146. The maximum atomic E-state index is 13.3. The zero-order valence-electron chi connectivity index (χ0n) is 16.6. The summed E-state index contributed by atoms with van der Waals surface area (Å²) in [7, 11) is 0. The first-order valence-corrected chi connectivity index (χ1v) is 10.9. The Bertz CT molecular complexity index is 840. The van der Waals surface area contributed by atoms with Gasteiger partial charge in [-0.3, -0.25) is 10.1 Å². The second kappa shape index (κ2) is 10.1. The number of H-pyrrole nitrogens is 1. The molecule has 1 saturated carbocycles. The summed E-state index contributed by atoms with van der Waals surface area (Å²) in [4.78, 5) is 5.93. The van der Waals surface area contributed by atoms with E-state index in [-0.39, 0.29) is 5.56 Å². The van der Waals surface area contributed by atoms with Crippen molar-refractivity contribution < 1.29 is 13.2 Å². The molecule has 9 heteroatoms. The van der Waals surface area contributed by atoms with Crippen molar-refractivity contribution in [3.05, 3.63) is 52.0 Å². The third-order valence-electron chi connectivity index (χ3n) is 5.63. The zero-order chi connectivity index (χ0) is 21.7. The van der Waals surface area contributed by atoms with Gasteiger partial charge < -0.3 is 4.90 Å². The summed E-state index contributed by atoms with van der Waals surface area (Å²) >= 11 is 12.3. The molecule has 2 aromatic rings. The summed E-state index contributed by atoms with van der Waals surface area (Å²) < 4.78 is 40.0. The first-order valence-electron chi connectivity index (χ1n) is 10.1. The number of nitrogens with one attached hydrogen (secondary N) is 1. The second-order valence-corrected chi connectivity index (χ2v) is 8.55. The van der Waals surface area contributed by atoms with Crippen molar-refractivity contribution in [1.82, 2.24) is 20.1 Å². The Hall–Kier alpha value is -1.73. The molecule has 0 radical (unpaired) electrons. The van der Waals surface area contributed by atoms with E-state index in [1.54, 1.807) is 12.4 Å². The Morgan fingerprint density at radius 2 is 1.80 bits per heavy atom. The van der Waals surface area contributed by atoms with Gasteiger partial charge in [0, 0.05) is 36.7 Å². The van der Waals surface area contributed by atoms with Gasteiger partial charge >= 0.3 is 6.18 Å². The molecule has 30 heavy (non-hydrogen) atoms. The Morgan fingerprint density at radius 1 is 1.13 bits per heavy atom. The highest BCUT2D eigenvalue weighted by Crippen LogP contribution is 2.35. The van der Waals surface area contributed by atoms with Gasteiger partial charge in [-0.15, -0.1) is 0 Å². The topological polar surface area (TPSA) is 44.8 Å². The van der Waals surface area contributed by atoms with Gasteiger partial charge in [-0.25, -0.2) is 0 Å². The van der Waals surface area contributed by atoms with E-state index in [0.29, 0.717) is 41.2 Å². The SMILES string of the molecule is C=C(c1cn[nH]c1C(F)(F)F)N(CCCCc1c(Cl)cncc1Cl)CC1CCCC1. The number of unbranched alkanes of at least 4 members (excludes halogenated alkanes) is 1. The fourth-order valence-corrected chi connectivity index (χ4v) is 4.57. The Labute approximate surface area is 184 Å². The Morgan fingerprint density at radius 3 is 2.43 bits per heavy atom. The molecule has 4 nitrogen and oxygen atoms in total. The first-order chi connectivity index (χ1) is 14.3. The average molecular weight is 461 g/mol. The van der Waals surface area contributed by atoms with Gasteiger partial charge in [-0.2, -0.15) is 18.3 Å². The number of hydrogen-bond donors (Lipinski definition) is 1. The molecule has 0 bridgehead atoms. The summed E-state index contributed by atoms with van der Waals surface area (Å²) in [6, 6.07) is 0. The number of alkyl halides is 3. The van der Waals surface area contributed by atoms with Gasteiger partial charge in [0.25, 0.3) is 0 Å². The summed E-state index contributed by atoms with van der Waals surface area (Å²) in [5, 5.41) is 6.75. The Kier molecular flexibility index (Phi) is 7.69. The molecular weight excluding hydrogens is 436 g/mol. The fourth-order valence-electron chi connectivity index (χ4n) is 4.01. The third-order valence-corrected chi connectivity index (χ3v) is 6.28. The van der Waals surface area contributed by atoms with Crippen LogP contribution in [0.3, 0.4) is 0 Å². The molecular formula is C21H25Cl2F3N4. The highest BCUT2D eigenvalue weighted by molar-refractivity contribution is 6.35. The average Bonchev–Trinajstić information content (AvgIpc) is 3.37. The lowest BCUT2D eigenvalue weighted by Crippen LogP contribution is -2.29. The van der Waals surface area contributed by atoms with E-state index in [2.05, 4.69) is 21.8 Å². The van der Waals surface area contributed by atoms with Gasteiger partial charge in [-0.1, -0.05) is 42.6 Å². The number of rotatable bonds is 9. The molecule has 1 aliphatic carbocycles. The molecule has 0 aromatic carbocycles. The second-order valence-electron chi connectivity index (χ2n) is 7.74. The summed E-state index contributed by atoms with van der Waals surface area (Å²) in [6.45, 7) is 5.31. The van der Waals surface area contributed by atoms with Gasteiger partial charge in [0.2, 0.25) is 0 Å². The van der Waals surface area contributed by atoms with E-state index < -0.39 is 11.9 Å². The predicted molar refractivity (Wildman–Crippen MR) is 113 cm³/mol. The van der Waals surface area contributed by atoms with Crippen LogP contribution >= 0.6 is 23.2 Å². The van der Waals surface area contributed by atoms with Gasteiger partial charge in [0.1, 0.15) is 5.69 Å². The maximum absolute atomic E-state index is 13.3. The van der Waals surface area contributed by atoms with E-state index in [9.17, 15) is 13.2 Å². The van der Waals surface area contributed by atoms with Crippen LogP contribution in [-0.2, 0) is 12.6 Å². The number of aromatic amines is 1. The van der Waals surface area contributed by atoms with Crippen LogP contribution in [0.5, 0.6) is 0 Å². The van der Waals surface area contributed by atoms with E-state index >= 15 is 0 Å². The highest BCUT2D eigenvalue weighted by atomic mass is 35.5. The van der Waals surface area contributed by atoms with Crippen molar-refractivity contribution in [2.24, 2.45) is 5.92 Å². The summed E-state index contributed by atoms with van der Waals surface area (Å²) in [6.07, 6.45) is 6.65. The largest absolute Gasteiger partial charge is 0.433 e. The lowest BCUT2D eigenvalue weighted by atomic mass is 10.0. The van der Waals surface area contributed by atoms with Crippen molar-refractivity contribution in [3.8, 4) is 0 Å². The zero-order valence-corrected chi connectivity index (χ0v) is 18.1. The molecule has 0 atom stereocenters. The van der Waals surface area contributed by atoms with Crippen LogP contribution in [0.4, 0.5) is 13.2 Å². The number of pyridine rings is 1. The minimum Gasteiger partial charge on any atom is -0.371 e. The third kappa shape index (κ3) is 5.70. The first kappa shape index (κ1) is 22.9. The van der Waals surface area contributed by atoms with E-state index in [0.717, 1.165) is 31.2 Å². The normalized spacial score (nSPS) is 15.0. The van der Waals surface area contributed by atoms with Crippen LogP contribution < -0.4 is 0 Å². The van der Waals surface area contributed by atoms with Gasteiger partial charge in [-0.05, 0) is 43.6 Å². The van der Waals surface area contributed by atoms with Crippen LogP contribution in [0.25, 0.3) is 5.70 Å². The summed E-state index contributed by atoms with van der Waals surface area (Å²) in [5.74, 6) is 0.479. The van der Waals surface area contributed by atoms with Crippen molar-refractivity contribution in [2.75, 3.05) is 13.1 Å². The summed E-state index contributed by atoms with van der Waals surface area (Å²) in [5.41, 5.74) is 0.381. The fraction of sp³-hybridized carbons (Fsp3) is 0.524. The van der Waals surface area contributed by atoms with Crippen LogP contribution in [0.15, 0.2) is 25.2 Å². The van der Waals surface area contributed by atoms with Crippen LogP contribution in [0.2, 0.25) is 10.0 Å². The quantitative estimate of drug-likeness (QED) is 0.427. The molecule has 2 heterocycles.